The van der Waals surface area contributed by atoms with Crippen LogP contribution in [0.1, 0.15) is 35.8 Å². The Balaban J connectivity index is 1.49. The van der Waals surface area contributed by atoms with Crippen LogP contribution in [0, 0.1) is 6.92 Å². The summed E-state index contributed by atoms with van der Waals surface area (Å²) >= 11 is 0. The van der Waals surface area contributed by atoms with Gasteiger partial charge in [0.2, 0.25) is 0 Å². The maximum atomic E-state index is 4.71. The first-order valence-electron chi connectivity index (χ1n) is 9.13. The van der Waals surface area contributed by atoms with Gasteiger partial charge in [-0.3, -0.25) is 19.9 Å². The zero-order chi connectivity index (χ0) is 17.9. The molecule has 1 aliphatic heterocycles. The van der Waals surface area contributed by atoms with Crippen LogP contribution in [-0.2, 0) is 13.6 Å². The first-order valence-corrected chi connectivity index (χ1v) is 9.13. The fourth-order valence-corrected chi connectivity index (χ4v) is 3.68. The molecule has 0 unspecified atom stereocenters. The number of likely N-dealkylation sites (tertiary alicyclic amines) is 1. The van der Waals surface area contributed by atoms with E-state index in [1.54, 1.807) is 6.20 Å². The number of aromatic nitrogens is 5. The minimum Gasteiger partial charge on any atom is -0.330 e. The number of imidazole rings is 1. The monoisotopic (exact) mass is 348 g/mol. The Hall–Kier alpha value is -2.60. The topological polar surface area (TPSA) is 59.7 Å². The van der Waals surface area contributed by atoms with Crippen molar-refractivity contribution in [1.82, 2.24) is 29.4 Å². The number of aryl methyl sites for hydroxylation is 1. The summed E-state index contributed by atoms with van der Waals surface area (Å²) in [5.74, 6) is 1.43. The van der Waals surface area contributed by atoms with Crippen molar-refractivity contribution < 1.29 is 0 Å². The SMILES string of the molecule is Cc1ncc(-c2nccnc2C2CCN(Cc3cccnc3)CC2)n1C. The van der Waals surface area contributed by atoms with Gasteiger partial charge in [0.25, 0.3) is 0 Å². The second-order valence-corrected chi connectivity index (χ2v) is 6.95. The van der Waals surface area contributed by atoms with Crippen LogP contribution in [0.5, 0.6) is 0 Å². The van der Waals surface area contributed by atoms with Gasteiger partial charge in [-0.25, -0.2) is 4.98 Å². The van der Waals surface area contributed by atoms with Gasteiger partial charge in [-0.05, 0) is 44.5 Å². The summed E-state index contributed by atoms with van der Waals surface area (Å²) in [6, 6.07) is 4.15. The van der Waals surface area contributed by atoms with E-state index < -0.39 is 0 Å². The lowest BCUT2D eigenvalue weighted by Crippen LogP contribution is -2.33. The molecule has 3 aromatic heterocycles. The molecule has 1 aliphatic rings. The fourth-order valence-electron chi connectivity index (χ4n) is 3.68. The predicted octanol–water partition coefficient (Wildman–Crippen LogP) is 2.96. The van der Waals surface area contributed by atoms with E-state index in [1.165, 1.54) is 5.56 Å². The Kier molecular flexibility index (Phi) is 4.75. The highest BCUT2D eigenvalue weighted by molar-refractivity contribution is 5.58. The highest BCUT2D eigenvalue weighted by Gasteiger charge is 2.25. The normalized spacial score (nSPS) is 16.1. The summed E-state index contributed by atoms with van der Waals surface area (Å²) in [6.45, 7) is 5.12. The molecule has 0 spiro atoms. The number of pyridine rings is 1. The molecule has 3 aromatic rings. The lowest BCUT2D eigenvalue weighted by atomic mass is 9.91. The third kappa shape index (κ3) is 3.37. The molecule has 4 rings (SSSR count). The molecule has 0 atom stereocenters. The van der Waals surface area contributed by atoms with E-state index in [0.717, 1.165) is 55.4 Å². The fraction of sp³-hybridized carbons (Fsp3) is 0.400. The molecule has 0 amide bonds. The Bertz CT molecular complexity index is 865. The van der Waals surface area contributed by atoms with E-state index >= 15 is 0 Å². The molecule has 0 aliphatic carbocycles. The van der Waals surface area contributed by atoms with E-state index in [-0.39, 0.29) is 0 Å². The molecule has 1 saturated heterocycles. The van der Waals surface area contributed by atoms with Crippen molar-refractivity contribution in [2.24, 2.45) is 7.05 Å². The quantitative estimate of drug-likeness (QED) is 0.725. The van der Waals surface area contributed by atoms with Gasteiger partial charge in [-0.15, -0.1) is 0 Å². The van der Waals surface area contributed by atoms with Crippen LogP contribution in [0.25, 0.3) is 11.4 Å². The van der Waals surface area contributed by atoms with Crippen molar-refractivity contribution in [3.63, 3.8) is 0 Å². The summed E-state index contributed by atoms with van der Waals surface area (Å²) in [5, 5.41) is 0. The molecule has 26 heavy (non-hydrogen) atoms. The third-order valence-corrected chi connectivity index (χ3v) is 5.29. The minimum atomic E-state index is 0.444. The molecule has 0 radical (unpaired) electrons. The molecule has 6 heteroatoms. The molecule has 4 heterocycles. The van der Waals surface area contributed by atoms with Crippen LogP contribution in [0.3, 0.4) is 0 Å². The van der Waals surface area contributed by atoms with Crippen LogP contribution >= 0.6 is 0 Å². The molecule has 6 nitrogen and oxygen atoms in total. The van der Waals surface area contributed by atoms with E-state index in [2.05, 4.69) is 30.5 Å². The van der Waals surface area contributed by atoms with Crippen LogP contribution in [0.15, 0.2) is 43.1 Å². The summed E-state index contributed by atoms with van der Waals surface area (Å²) in [5.41, 5.74) is 4.40. The average molecular weight is 348 g/mol. The second-order valence-electron chi connectivity index (χ2n) is 6.95. The van der Waals surface area contributed by atoms with Gasteiger partial charge in [0.15, 0.2) is 0 Å². The molecular weight excluding hydrogens is 324 g/mol. The second kappa shape index (κ2) is 7.33. The van der Waals surface area contributed by atoms with Crippen LogP contribution in [-0.4, -0.2) is 42.5 Å². The van der Waals surface area contributed by atoms with Gasteiger partial charge in [0.05, 0.1) is 17.6 Å². The zero-order valence-electron chi connectivity index (χ0n) is 15.3. The van der Waals surface area contributed by atoms with Crippen molar-refractivity contribution >= 4 is 0 Å². The number of hydrogen-bond donors (Lipinski definition) is 0. The molecular formula is C20H24N6. The van der Waals surface area contributed by atoms with E-state index in [9.17, 15) is 0 Å². The summed E-state index contributed by atoms with van der Waals surface area (Å²) < 4.78 is 2.09. The largest absolute Gasteiger partial charge is 0.330 e. The van der Waals surface area contributed by atoms with Crippen LogP contribution < -0.4 is 0 Å². The Morgan fingerprint density at radius 3 is 2.54 bits per heavy atom. The maximum absolute atomic E-state index is 4.71. The van der Waals surface area contributed by atoms with Crippen molar-refractivity contribution in [1.29, 1.82) is 0 Å². The first-order chi connectivity index (χ1) is 12.7. The number of nitrogens with zero attached hydrogens (tertiary/aromatic N) is 6. The Morgan fingerprint density at radius 2 is 1.85 bits per heavy atom. The minimum absolute atomic E-state index is 0.444. The van der Waals surface area contributed by atoms with Gasteiger partial charge in [-0.2, -0.15) is 0 Å². The van der Waals surface area contributed by atoms with Crippen molar-refractivity contribution in [3.8, 4) is 11.4 Å². The van der Waals surface area contributed by atoms with Crippen molar-refractivity contribution in [2.75, 3.05) is 13.1 Å². The number of rotatable bonds is 4. The van der Waals surface area contributed by atoms with E-state index in [1.807, 2.05) is 44.8 Å². The summed E-state index contributed by atoms with van der Waals surface area (Å²) in [4.78, 5) is 20.5. The number of hydrogen-bond acceptors (Lipinski definition) is 5. The van der Waals surface area contributed by atoms with Gasteiger partial charge in [-0.1, -0.05) is 6.07 Å². The Morgan fingerprint density at radius 1 is 1.04 bits per heavy atom. The van der Waals surface area contributed by atoms with E-state index in [0.29, 0.717) is 5.92 Å². The Labute approximate surface area is 154 Å². The maximum Gasteiger partial charge on any atom is 0.110 e. The lowest BCUT2D eigenvalue weighted by Gasteiger charge is -2.32. The molecule has 0 aromatic carbocycles. The average Bonchev–Trinajstić information content (AvgIpc) is 3.02. The van der Waals surface area contributed by atoms with Crippen molar-refractivity contribution in [2.45, 2.75) is 32.2 Å². The molecule has 1 fully saturated rings. The van der Waals surface area contributed by atoms with E-state index in [4.69, 9.17) is 4.98 Å². The summed E-state index contributed by atoms with van der Waals surface area (Å²) in [6.07, 6.45) is 11.5. The van der Waals surface area contributed by atoms with Crippen molar-refractivity contribution in [3.05, 3.63) is 60.2 Å². The van der Waals surface area contributed by atoms with Gasteiger partial charge in [0, 0.05) is 44.3 Å². The highest BCUT2D eigenvalue weighted by atomic mass is 15.1. The number of piperidine rings is 1. The smallest absolute Gasteiger partial charge is 0.110 e. The van der Waals surface area contributed by atoms with Gasteiger partial charge in [0.1, 0.15) is 11.5 Å². The first kappa shape index (κ1) is 16.8. The highest BCUT2D eigenvalue weighted by Crippen LogP contribution is 2.33. The predicted molar refractivity (Wildman–Crippen MR) is 100 cm³/mol. The lowest BCUT2D eigenvalue weighted by molar-refractivity contribution is 0.203. The van der Waals surface area contributed by atoms with Crippen LogP contribution in [0.2, 0.25) is 0 Å². The molecule has 0 saturated carbocycles. The molecule has 0 bridgehead atoms. The molecule has 0 N–H and O–H groups in total. The third-order valence-electron chi connectivity index (χ3n) is 5.29. The summed E-state index contributed by atoms with van der Waals surface area (Å²) in [7, 11) is 2.03. The standard InChI is InChI=1S/C20H24N6/c1-15-24-13-18(25(15)2)20-19(22-8-9-23-20)17-5-10-26(11-6-17)14-16-4-3-7-21-12-16/h3-4,7-9,12-13,17H,5-6,10-11,14H2,1-2H3. The molecule has 134 valence electrons. The van der Waals surface area contributed by atoms with Gasteiger partial charge < -0.3 is 4.57 Å². The van der Waals surface area contributed by atoms with Crippen LogP contribution in [0.4, 0.5) is 0 Å². The van der Waals surface area contributed by atoms with Gasteiger partial charge >= 0.3 is 0 Å². The zero-order valence-corrected chi connectivity index (χ0v) is 15.3.